The number of ether oxygens (including phenoxy) is 2. The van der Waals surface area contributed by atoms with Crippen LogP contribution in [-0.2, 0) is 14.8 Å². The summed E-state index contributed by atoms with van der Waals surface area (Å²) in [5, 5.41) is 0. The first kappa shape index (κ1) is 21.0. The summed E-state index contributed by atoms with van der Waals surface area (Å²) in [6, 6.07) is 11.6. The van der Waals surface area contributed by atoms with Crippen LogP contribution in [0, 0.1) is 6.92 Å². The van der Waals surface area contributed by atoms with Gasteiger partial charge in [0.15, 0.2) is 0 Å². The number of hydrogen-bond acceptors (Lipinski definition) is 5. The average molecular weight is 419 g/mol. The Morgan fingerprint density at radius 3 is 2.45 bits per heavy atom. The maximum absolute atomic E-state index is 13.6. The summed E-state index contributed by atoms with van der Waals surface area (Å²) in [4.78, 5) is 14.6. The van der Waals surface area contributed by atoms with Gasteiger partial charge in [-0.25, -0.2) is 8.42 Å². The molecular weight excluding hydrogens is 392 g/mol. The zero-order chi connectivity index (χ0) is 21.0. The van der Waals surface area contributed by atoms with Gasteiger partial charge in [0.2, 0.25) is 5.91 Å². The Labute approximate surface area is 171 Å². The van der Waals surface area contributed by atoms with Crippen molar-refractivity contribution >= 4 is 21.6 Å². The minimum absolute atomic E-state index is 0.0250. The van der Waals surface area contributed by atoms with Crippen molar-refractivity contribution in [2.45, 2.75) is 24.7 Å². The van der Waals surface area contributed by atoms with Crippen LogP contribution in [0.25, 0.3) is 0 Å². The fraction of sp³-hybridized carbons (Fsp3) is 0.381. The molecule has 1 aliphatic heterocycles. The first-order valence-electron chi connectivity index (χ1n) is 9.46. The monoisotopic (exact) mass is 418 g/mol. The topological polar surface area (TPSA) is 76.2 Å². The van der Waals surface area contributed by atoms with Crippen LogP contribution in [0.4, 0.5) is 5.69 Å². The highest BCUT2D eigenvalue weighted by atomic mass is 32.2. The molecule has 2 aromatic rings. The summed E-state index contributed by atoms with van der Waals surface area (Å²) >= 11 is 0. The molecular formula is C21H26N2O5S. The largest absolute Gasteiger partial charge is 0.497 e. The number of likely N-dealkylation sites (tertiary alicyclic amines) is 1. The van der Waals surface area contributed by atoms with Crippen molar-refractivity contribution in [2.75, 3.05) is 38.2 Å². The predicted molar refractivity (Wildman–Crippen MR) is 111 cm³/mol. The van der Waals surface area contributed by atoms with E-state index in [-0.39, 0.29) is 23.1 Å². The molecule has 29 heavy (non-hydrogen) atoms. The Morgan fingerprint density at radius 1 is 1.07 bits per heavy atom. The molecule has 1 fully saturated rings. The number of amides is 1. The highest BCUT2D eigenvalue weighted by Gasteiger charge is 2.32. The molecule has 1 amide bonds. The predicted octanol–water partition coefficient (Wildman–Crippen LogP) is 2.83. The molecule has 0 bridgehead atoms. The summed E-state index contributed by atoms with van der Waals surface area (Å²) in [7, 11) is -1.13. The lowest BCUT2D eigenvalue weighted by molar-refractivity contribution is -0.128. The van der Waals surface area contributed by atoms with Gasteiger partial charge in [0.25, 0.3) is 10.0 Å². The molecule has 0 aromatic heterocycles. The molecule has 1 saturated heterocycles. The fourth-order valence-electron chi connectivity index (χ4n) is 3.37. The summed E-state index contributed by atoms with van der Waals surface area (Å²) in [5.74, 6) is 0.519. The highest BCUT2D eigenvalue weighted by Crippen LogP contribution is 2.32. The van der Waals surface area contributed by atoms with Crippen molar-refractivity contribution in [1.82, 2.24) is 4.90 Å². The third kappa shape index (κ3) is 4.48. The van der Waals surface area contributed by atoms with Crippen LogP contribution in [0.15, 0.2) is 47.4 Å². The van der Waals surface area contributed by atoms with Gasteiger partial charge < -0.3 is 14.4 Å². The SMILES string of the molecule is COc1cccc(N(CC(=O)N2CCCC2)S(=O)(=O)c2cc(C)ccc2OC)c1. The van der Waals surface area contributed by atoms with Crippen molar-refractivity contribution < 1.29 is 22.7 Å². The van der Waals surface area contributed by atoms with Gasteiger partial charge in [-0.1, -0.05) is 12.1 Å². The maximum Gasteiger partial charge on any atom is 0.268 e. The number of sulfonamides is 1. The van der Waals surface area contributed by atoms with E-state index in [0.717, 1.165) is 22.7 Å². The number of carbonyl (C=O) groups excluding carboxylic acids is 1. The third-order valence-corrected chi connectivity index (χ3v) is 6.76. The van der Waals surface area contributed by atoms with Gasteiger partial charge in [-0.3, -0.25) is 9.10 Å². The summed E-state index contributed by atoms with van der Waals surface area (Å²) in [6.07, 6.45) is 1.87. The van der Waals surface area contributed by atoms with E-state index in [1.165, 1.54) is 14.2 Å². The average Bonchev–Trinajstić information content (AvgIpc) is 3.26. The van der Waals surface area contributed by atoms with E-state index in [1.54, 1.807) is 47.4 Å². The van der Waals surface area contributed by atoms with E-state index in [4.69, 9.17) is 9.47 Å². The van der Waals surface area contributed by atoms with Gasteiger partial charge in [-0.2, -0.15) is 0 Å². The molecule has 2 aromatic carbocycles. The Morgan fingerprint density at radius 2 is 1.79 bits per heavy atom. The van der Waals surface area contributed by atoms with Gasteiger partial charge in [0.1, 0.15) is 22.9 Å². The van der Waals surface area contributed by atoms with Crippen LogP contribution in [0.1, 0.15) is 18.4 Å². The zero-order valence-electron chi connectivity index (χ0n) is 16.9. The minimum atomic E-state index is -4.06. The number of benzene rings is 2. The number of methoxy groups -OCH3 is 2. The highest BCUT2D eigenvalue weighted by molar-refractivity contribution is 7.93. The molecule has 0 unspecified atom stereocenters. The van der Waals surface area contributed by atoms with Gasteiger partial charge in [-0.05, 0) is 49.6 Å². The maximum atomic E-state index is 13.6. The lowest BCUT2D eigenvalue weighted by atomic mass is 10.2. The lowest BCUT2D eigenvalue weighted by Gasteiger charge is -2.27. The van der Waals surface area contributed by atoms with E-state index in [1.807, 2.05) is 6.92 Å². The van der Waals surface area contributed by atoms with Crippen LogP contribution in [0.3, 0.4) is 0 Å². The smallest absolute Gasteiger partial charge is 0.268 e. The van der Waals surface area contributed by atoms with Gasteiger partial charge >= 0.3 is 0 Å². The molecule has 0 spiro atoms. The Kier molecular flexibility index (Phi) is 6.32. The summed E-state index contributed by atoms with van der Waals surface area (Å²) < 4.78 is 39.0. The Balaban J connectivity index is 2.08. The first-order valence-corrected chi connectivity index (χ1v) is 10.9. The molecule has 7 nitrogen and oxygen atoms in total. The molecule has 1 aliphatic rings. The molecule has 3 rings (SSSR count). The molecule has 0 radical (unpaired) electrons. The number of nitrogens with zero attached hydrogens (tertiary/aromatic N) is 2. The van der Waals surface area contributed by atoms with Crippen molar-refractivity contribution in [1.29, 1.82) is 0 Å². The minimum Gasteiger partial charge on any atom is -0.497 e. The Bertz CT molecular complexity index is 984. The molecule has 0 atom stereocenters. The van der Waals surface area contributed by atoms with Crippen LogP contribution in [0.5, 0.6) is 11.5 Å². The molecule has 0 N–H and O–H groups in total. The third-order valence-electron chi connectivity index (χ3n) is 4.97. The van der Waals surface area contributed by atoms with E-state index >= 15 is 0 Å². The van der Waals surface area contributed by atoms with Crippen LogP contribution in [0.2, 0.25) is 0 Å². The molecule has 0 aliphatic carbocycles. The number of aryl methyl sites for hydroxylation is 1. The standard InChI is InChI=1S/C21H26N2O5S/c1-16-9-10-19(28-3)20(13-16)29(25,26)23(15-21(24)22-11-4-5-12-22)17-7-6-8-18(14-17)27-2/h6-10,13-14H,4-5,11-12,15H2,1-3H3. The second kappa shape index (κ2) is 8.73. The van der Waals surface area contributed by atoms with Crippen molar-refractivity contribution in [3.63, 3.8) is 0 Å². The van der Waals surface area contributed by atoms with Crippen LogP contribution in [-0.4, -0.2) is 53.1 Å². The number of carbonyl (C=O) groups is 1. The van der Waals surface area contributed by atoms with Crippen molar-refractivity contribution in [3.8, 4) is 11.5 Å². The van der Waals surface area contributed by atoms with Crippen LogP contribution < -0.4 is 13.8 Å². The second-order valence-corrected chi connectivity index (χ2v) is 8.79. The second-order valence-electron chi connectivity index (χ2n) is 6.96. The normalized spacial score (nSPS) is 14.0. The summed E-state index contributed by atoms with van der Waals surface area (Å²) in [6.45, 7) is 2.83. The van der Waals surface area contributed by atoms with Crippen molar-refractivity contribution in [3.05, 3.63) is 48.0 Å². The molecule has 156 valence electrons. The molecule has 8 heteroatoms. The van der Waals surface area contributed by atoms with E-state index in [9.17, 15) is 13.2 Å². The van der Waals surface area contributed by atoms with Crippen molar-refractivity contribution in [2.24, 2.45) is 0 Å². The Hall–Kier alpha value is -2.74. The number of anilines is 1. The van der Waals surface area contributed by atoms with E-state index in [2.05, 4.69) is 0 Å². The van der Waals surface area contributed by atoms with Gasteiger partial charge in [0, 0.05) is 19.2 Å². The molecule has 1 heterocycles. The fourth-order valence-corrected chi connectivity index (χ4v) is 5.02. The van der Waals surface area contributed by atoms with E-state index in [0.29, 0.717) is 24.5 Å². The van der Waals surface area contributed by atoms with Gasteiger partial charge in [0.05, 0.1) is 19.9 Å². The lowest BCUT2D eigenvalue weighted by Crippen LogP contribution is -2.42. The summed E-state index contributed by atoms with van der Waals surface area (Å²) in [5.41, 5.74) is 1.14. The van der Waals surface area contributed by atoms with E-state index < -0.39 is 10.0 Å². The first-order chi connectivity index (χ1) is 13.9. The molecule has 0 saturated carbocycles. The number of rotatable bonds is 7. The zero-order valence-corrected chi connectivity index (χ0v) is 17.7. The van der Waals surface area contributed by atoms with Gasteiger partial charge in [-0.15, -0.1) is 0 Å². The number of hydrogen-bond donors (Lipinski definition) is 0. The quantitative estimate of drug-likeness (QED) is 0.691. The van der Waals surface area contributed by atoms with Crippen LogP contribution >= 0.6 is 0 Å².